The Balaban J connectivity index is 1.88. The molecular weight excluding hydrogens is 317 g/mol. The maximum absolute atomic E-state index is 13.7. The number of aromatic carboxylic acids is 1. The number of aromatic nitrogens is 1. The normalized spacial score (nSPS) is 10.9. The summed E-state index contributed by atoms with van der Waals surface area (Å²) in [7, 11) is 0. The molecule has 4 heteroatoms. The molecule has 0 aliphatic rings. The van der Waals surface area contributed by atoms with Gasteiger partial charge in [-0.2, -0.15) is 4.57 Å². The van der Waals surface area contributed by atoms with Crippen LogP contribution < -0.4 is 4.57 Å². The number of hydrogen-bond acceptors (Lipinski definition) is 1. The summed E-state index contributed by atoms with van der Waals surface area (Å²) >= 11 is 0. The summed E-state index contributed by atoms with van der Waals surface area (Å²) in [4.78, 5) is 11.1. The van der Waals surface area contributed by atoms with E-state index in [0.717, 1.165) is 11.3 Å². The van der Waals surface area contributed by atoms with Gasteiger partial charge in [-0.05, 0) is 30.3 Å². The SMILES string of the molecule is O=C(O)c1cccc(C[n+]2ccccc2/C=C/c2ccccc2F)c1. The molecule has 25 heavy (non-hydrogen) atoms. The zero-order chi connectivity index (χ0) is 17.6. The fourth-order valence-corrected chi connectivity index (χ4v) is 2.57. The van der Waals surface area contributed by atoms with Gasteiger partial charge < -0.3 is 5.11 Å². The van der Waals surface area contributed by atoms with Gasteiger partial charge in [0.05, 0.1) is 5.56 Å². The zero-order valence-corrected chi connectivity index (χ0v) is 13.5. The molecule has 0 unspecified atom stereocenters. The first-order valence-electron chi connectivity index (χ1n) is 7.87. The fourth-order valence-electron chi connectivity index (χ4n) is 2.57. The molecule has 3 rings (SSSR count). The van der Waals surface area contributed by atoms with Crippen LogP contribution in [0.5, 0.6) is 0 Å². The molecule has 2 aromatic carbocycles. The van der Waals surface area contributed by atoms with Crippen LogP contribution in [0.1, 0.15) is 27.2 Å². The first-order chi connectivity index (χ1) is 12.1. The molecule has 0 amide bonds. The minimum absolute atomic E-state index is 0.262. The van der Waals surface area contributed by atoms with Crippen molar-refractivity contribution in [1.29, 1.82) is 0 Å². The topological polar surface area (TPSA) is 41.2 Å². The van der Waals surface area contributed by atoms with Gasteiger partial charge in [0.25, 0.3) is 0 Å². The maximum Gasteiger partial charge on any atom is 0.335 e. The summed E-state index contributed by atoms with van der Waals surface area (Å²) in [5, 5.41) is 9.11. The van der Waals surface area contributed by atoms with E-state index >= 15 is 0 Å². The molecule has 0 saturated carbocycles. The van der Waals surface area contributed by atoms with E-state index in [1.54, 1.807) is 42.5 Å². The van der Waals surface area contributed by atoms with Gasteiger partial charge in [0.1, 0.15) is 5.82 Å². The van der Waals surface area contributed by atoms with Crippen molar-refractivity contribution in [2.45, 2.75) is 6.54 Å². The van der Waals surface area contributed by atoms with Crippen LogP contribution in [0.2, 0.25) is 0 Å². The van der Waals surface area contributed by atoms with Crippen molar-refractivity contribution < 1.29 is 18.9 Å². The van der Waals surface area contributed by atoms with Crippen molar-refractivity contribution in [1.82, 2.24) is 0 Å². The van der Waals surface area contributed by atoms with Crippen LogP contribution in [-0.4, -0.2) is 11.1 Å². The Bertz CT molecular complexity index is 934. The van der Waals surface area contributed by atoms with Crippen LogP contribution in [0.3, 0.4) is 0 Å². The quantitative estimate of drug-likeness (QED) is 0.716. The lowest BCUT2D eigenvalue weighted by Crippen LogP contribution is -2.37. The third kappa shape index (κ3) is 4.18. The number of pyridine rings is 1. The van der Waals surface area contributed by atoms with E-state index in [1.807, 2.05) is 41.1 Å². The molecule has 0 radical (unpaired) electrons. The Labute approximate surface area is 145 Å². The van der Waals surface area contributed by atoms with Crippen molar-refractivity contribution in [3.8, 4) is 0 Å². The maximum atomic E-state index is 13.7. The van der Waals surface area contributed by atoms with Crippen LogP contribution in [0.4, 0.5) is 4.39 Å². The van der Waals surface area contributed by atoms with Crippen LogP contribution in [0, 0.1) is 5.82 Å². The molecule has 0 fully saturated rings. The highest BCUT2D eigenvalue weighted by molar-refractivity contribution is 5.87. The lowest BCUT2D eigenvalue weighted by molar-refractivity contribution is -0.690. The van der Waals surface area contributed by atoms with Crippen molar-refractivity contribution in [2.24, 2.45) is 0 Å². The number of rotatable bonds is 5. The minimum atomic E-state index is -0.945. The first-order valence-corrected chi connectivity index (χ1v) is 7.87. The summed E-state index contributed by atoms with van der Waals surface area (Å²) in [6, 6.07) is 19.2. The highest BCUT2D eigenvalue weighted by Crippen LogP contribution is 2.11. The summed E-state index contributed by atoms with van der Waals surface area (Å²) in [5.41, 5.74) is 2.56. The van der Waals surface area contributed by atoms with Gasteiger partial charge in [-0.25, -0.2) is 9.18 Å². The highest BCUT2D eigenvalue weighted by Gasteiger charge is 2.10. The fraction of sp³-hybridized carbons (Fsp3) is 0.0476. The third-order valence-corrected chi connectivity index (χ3v) is 3.84. The second kappa shape index (κ2) is 7.53. The molecule has 1 aromatic heterocycles. The summed E-state index contributed by atoms with van der Waals surface area (Å²) in [6.07, 6.45) is 5.49. The van der Waals surface area contributed by atoms with Gasteiger partial charge in [0.15, 0.2) is 12.7 Å². The molecule has 0 spiro atoms. The Morgan fingerprint density at radius 2 is 1.80 bits per heavy atom. The largest absolute Gasteiger partial charge is 0.478 e. The Kier molecular flexibility index (Phi) is 5.00. The molecule has 0 bridgehead atoms. The van der Waals surface area contributed by atoms with E-state index in [2.05, 4.69) is 0 Å². The molecule has 0 aliphatic carbocycles. The molecule has 124 valence electrons. The first kappa shape index (κ1) is 16.6. The zero-order valence-electron chi connectivity index (χ0n) is 13.5. The number of carboxylic acid groups (broad SMARTS) is 1. The van der Waals surface area contributed by atoms with Crippen molar-refractivity contribution in [3.05, 3.63) is 101 Å². The summed E-state index contributed by atoms with van der Waals surface area (Å²) < 4.78 is 15.7. The van der Waals surface area contributed by atoms with Gasteiger partial charge in [-0.15, -0.1) is 0 Å². The summed E-state index contributed by atoms with van der Waals surface area (Å²) in [5.74, 6) is -1.21. The van der Waals surface area contributed by atoms with Crippen molar-refractivity contribution >= 4 is 18.1 Å². The second-order valence-electron chi connectivity index (χ2n) is 5.61. The van der Waals surface area contributed by atoms with Crippen LogP contribution in [0.25, 0.3) is 12.2 Å². The number of hydrogen-bond donors (Lipinski definition) is 1. The Morgan fingerprint density at radius 1 is 1.00 bits per heavy atom. The number of nitrogens with zero attached hydrogens (tertiary/aromatic N) is 1. The average molecular weight is 334 g/mol. The molecule has 0 aliphatic heterocycles. The van der Waals surface area contributed by atoms with Crippen molar-refractivity contribution in [3.63, 3.8) is 0 Å². The highest BCUT2D eigenvalue weighted by atomic mass is 19.1. The van der Waals surface area contributed by atoms with Gasteiger partial charge in [-0.3, -0.25) is 0 Å². The number of carboxylic acids is 1. The van der Waals surface area contributed by atoms with E-state index < -0.39 is 5.97 Å². The molecular formula is C21H17FNO2+. The lowest BCUT2D eigenvalue weighted by atomic mass is 10.1. The molecule has 3 aromatic rings. The number of benzene rings is 2. The van der Waals surface area contributed by atoms with Crippen molar-refractivity contribution in [2.75, 3.05) is 0 Å². The van der Waals surface area contributed by atoms with Crippen LogP contribution in [0.15, 0.2) is 72.9 Å². The van der Waals surface area contributed by atoms with E-state index in [1.165, 1.54) is 6.07 Å². The monoisotopic (exact) mass is 334 g/mol. The molecule has 1 heterocycles. The van der Waals surface area contributed by atoms with Gasteiger partial charge in [0.2, 0.25) is 5.69 Å². The van der Waals surface area contributed by atoms with Gasteiger partial charge >= 0.3 is 5.97 Å². The van der Waals surface area contributed by atoms with Crippen LogP contribution >= 0.6 is 0 Å². The molecule has 3 nitrogen and oxygen atoms in total. The number of carbonyl (C=O) groups is 1. The summed E-state index contributed by atoms with van der Waals surface area (Å²) in [6.45, 7) is 0.527. The average Bonchev–Trinajstić information content (AvgIpc) is 2.62. The van der Waals surface area contributed by atoms with E-state index in [0.29, 0.717) is 12.1 Å². The van der Waals surface area contributed by atoms with Crippen LogP contribution in [-0.2, 0) is 6.54 Å². The molecule has 1 N–H and O–H groups in total. The smallest absolute Gasteiger partial charge is 0.335 e. The third-order valence-electron chi connectivity index (χ3n) is 3.84. The minimum Gasteiger partial charge on any atom is -0.478 e. The molecule has 0 atom stereocenters. The second-order valence-corrected chi connectivity index (χ2v) is 5.61. The Morgan fingerprint density at radius 3 is 2.60 bits per heavy atom. The number of halogens is 1. The van der Waals surface area contributed by atoms with Gasteiger partial charge in [-0.1, -0.05) is 30.3 Å². The van der Waals surface area contributed by atoms with E-state index in [4.69, 9.17) is 5.11 Å². The lowest BCUT2D eigenvalue weighted by Gasteiger charge is -2.03. The van der Waals surface area contributed by atoms with E-state index in [-0.39, 0.29) is 11.4 Å². The van der Waals surface area contributed by atoms with Gasteiger partial charge in [0, 0.05) is 29.3 Å². The predicted octanol–water partition coefficient (Wildman–Crippen LogP) is 4.03. The van der Waals surface area contributed by atoms with E-state index in [9.17, 15) is 9.18 Å². The Hall–Kier alpha value is -3.27. The molecule has 0 saturated heterocycles. The standard InChI is InChI=1S/C21H16FNO2/c22-20-10-2-1-7-17(20)11-12-19-9-3-4-13-23(19)15-16-6-5-8-18(14-16)21(24)25/h1-14H,15H2/p+1/b12-11+. The predicted molar refractivity (Wildman–Crippen MR) is 94.5 cm³/mol.